The fraction of sp³-hybridized carbons (Fsp3) is 0.259. The Morgan fingerprint density at radius 2 is 1.95 bits per heavy atom. The predicted molar refractivity (Wildman–Crippen MR) is 137 cm³/mol. The van der Waals surface area contributed by atoms with Crippen molar-refractivity contribution in [1.29, 1.82) is 0 Å². The van der Waals surface area contributed by atoms with E-state index < -0.39 is 18.5 Å². The molecule has 1 aliphatic heterocycles. The Hall–Kier alpha value is -4.32. The van der Waals surface area contributed by atoms with Gasteiger partial charge in [-0.2, -0.15) is 18.2 Å². The van der Waals surface area contributed by atoms with Gasteiger partial charge in [0.05, 0.1) is 23.5 Å². The normalized spacial score (nSPS) is 15.9. The van der Waals surface area contributed by atoms with Crippen molar-refractivity contribution >= 4 is 28.2 Å². The second-order valence-corrected chi connectivity index (χ2v) is 9.13. The minimum Gasteiger partial charge on any atom is -0.345 e. The molecule has 0 fully saturated rings. The van der Waals surface area contributed by atoms with Gasteiger partial charge in [0.2, 0.25) is 0 Å². The maximum absolute atomic E-state index is 14.7. The quantitative estimate of drug-likeness (QED) is 0.329. The van der Waals surface area contributed by atoms with Crippen LogP contribution in [0.1, 0.15) is 22.6 Å². The van der Waals surface area contributed by atoms with E-state index >= 15 is 0 Å². The average molecular weight is 541 g/mol. The highest BCUT2D eigenvalue weighted by Crippen LogP contribution is 2.36. The van der Waals surface area contributed by atoms with E-state index in [1.54, 1.807) is 42.5 Å². The van der Waals surface area contributed by atoms with Gasteiger partial charge in [-0.25, -0.2) is 9.38 Å². The number of benzene rings is 2. The van der Waals surface area contributed by atoms with Gasteiger partial charge in [-0.15, -0.1) is 0 Å². The first-order valence-electron chi connectivity index (χ1n) is 12.2. The van der Waals surface area contributed by atoms with Crippen LogP contribution < -0.4 is 5.32 Å². The van der Waals surface area contributed by atoms with Crippen LogP contribution in [0.4, 0.5) is 23.2 Å². The van der Waals surface area contributed by atoms with E-state index in [2.05, 4.69) is 20.4 Å². The number of aromatic nitrogens is 3. The molecule has 4 aromatic rings. The third-order valence-electron chi connectivity index (χ3n) is 6.23. The number of hydrogen-bond donors (Lipinski definition) is 1. The van der Waals surface area contributed by atoms with E-state index in [4.69, 9.17) is 4.52 Å². The first kappa shape index (κ1) is 26.3. The summed E-state index contributed by atoms with van der Waals surface area (Å²) in [5.41, 5.74) is 1.25. The number of carbonyl (C=O) groups is 1. The smallest absolute Gasteiger partial charge is 0.345 e. The number of aliphatic imine (C=N–C) groups is 1. The number of amides is 1. The molecule has 0 atom stereocenters. The molecule has 8 nitrogen and oxygen atoms in total. The molecular weight excluding hydrogens is 516 g/mol. The van der Waals surface area contributed by atoms with Gasteiger partial charge in [-0.1, -0.05) is 29.4 Å². The lowest BCUT2D eigenvalue weighted by Gasteiger charge is -2.12. The monoisotopic (exact) mass is 540 g/mol. The molecule has 3 heterocycles. The average Bonchev–Trinajstić information content (AvgIpc) is 3.49. The highest BCUT2D eigenvalue weighted by atomic mass is 19.4. The third-order valence-corrected chi connectivity index (χ3v) is 6.23. The van der Waals surface area contributed by atoms with Gasteiger partial charge in [0.15, 0.2) is 5.82 Å². The maximum Gasteiger partial charge on any atom is 0.406 e. The van der Waals surface area contributed by atoms with E-state index in [0.29, 0.717) is 36.1 Å². The van der Waals surface area contributed by atoms with Crippen molar-refractivity contribution in [2.45, 2.75) is 25.7 Å². The first-order valence-corrected chi connectivity index (χ1v) is 12.2. The van der Waals surface area contributed by atoms with Crippen LogP contribution in [0.5, 0.6) is 0 Å². The van der Waals surface area contributed by atoms with Crippen molar-refractivity contribution in [2.24, 2.45) is 4.99 Å². The van der Waals surface area contributed by atoms with E-state index in [-0.39, 0.29) is 41.1 Å². The molecule has 1 amide bonds. The number of nitrogens with one attached hydrogen (secondary N) is 1. The fourth-order valence-electron chi connectivity index (χ4n) is 4.29. The van der Waals surface area contributed by atoms with Crippen LogP contribution >= 0.6 is 0 Å². The molecule has 39 heavy (non-hydrogen) atoms. The number of nitrogens with zero attached hydrogens (tertiary/aromatic N) is 5. The number of hydrogen-bond acceptors (Lipinski definition) is 6. The van der Waals surface area contributed by atoms with Crippen molar-refractivity contribution in [2.75, 3.05) is 20.1 Å². The Labute approximate surface area is 220 Å². The Morgan fingerprint density at radius 1 is 1.15 bits per heavy atom. The highest BCUT2D eigenvalue weighted by Gasteiger charge is 2.31. The lowest BCUT2D eigenvalue weighted by atomic mass is 10.2. The molecule has 0 radical (unpaired) electrons. The molecule has 2 aromatic carbocycles. The lowest BCUT2D eigenvalue weighted by Crippen LogP contribution is -2.23. The van der Waals surface area contributed by atoms with Crippen LogP contribution in [0.2, 0.25) is 0 Å². The van der Waals surface area contributed by atoms with E-state index in [0.717, 1.165) is 4.57 Å². The zero-order valence-electron chi connectivity index (χ0n) is 20.9. The molecular formula is C27H24F4N6O2. The number of likely N-dealkylation sites (N-methyl/N-ethyl adjacent to an activating group) is 1. The Bertz CT molecular complexity index is 1560. The van der Waals surface area contributed by atoms with Crippen molar-refractivity contribution in [3.05, 3.63) is 77.9 Å². The van der Waals surface area contributed by atoms with Crippen LogP contribution in [0.3, 0.4) is 0 Å². The Morgan fingerprint density at radius 3 is 2.72 bits per heavy atom. The number of fused-ring (bicyclic) bond motifs is 1. The minimum absolute atomic E-state index is 0.0275. The molecule has 0 spiro atoms. The number of allylic oxidation sites excluding steroid dienone is 1. The molecule has 1 aliphatic rings. The second kappa shape index (κ2) is 10.8. The number of rotatable bonds is 6. The number of carbonyl (C=O) groups excluding carboxylic acids is 1. The van der Waals surface area contributed by atoms with Crippen LogP contribution in [-0.4, -0.2) is 57.5 Å². The lowest BCUT2D eigenvalue weighted by molar-refractivity contribution is -0.139. The van der Waals surface area contributed by atoms with Crippen LogP contribution in [0, 0.1) is 0 Å². The van der Waals surface area contributed by atoms with Gasteiger partial charge in [0.25, 0.3) is 11.8 Å². The summed E-state index contributed by atoms with van der Waals surface area (Å²) < 4.78 is 61.8. The van der Waals surface area contributed by atoms with Crippen LogP contribution in [-0.2, 0) is 13.1 Å². The Balaban J connectivity index is 1.49. The van der Waals surface area contributed by atoms with E-state index in [1.165, 1.54) is 18.2 Å². The first-order chi connectivity index (χ1) is 18.7. The van der Waals surface area contributed by atoms with Gasteiger partial charge in [0.1, 0.15) is 18.1 Å². The van der Waals surface area contributed by atoms with Gasteiger partial charge >= 0.3 is 6.18 Å². The molecule has 0 saturated heterocycles. The topological polar surface area (TPSA) is 88.6 Å². The molecule has 0 aliphatic carbocycles. The van der Waals surface area contributed by atoms with Gasteiger partial charge < -0.3 is 19.3 Å². The van der Waals surface area contributed by atoms with E-state index in [1.807, 2.05) is 11.9 Å². The van der Waals surface area contributed by atoms with Crippen molar-refractivity contribution in [1.82, 2.24) is 24.9 Å². The zero-order chi connectivity index (χ0) is 27.6. The summed E-state index contributed by atoms with van der Waals surface area (Å²) >= 11 is 0. The summed E-state index contributed by atoms with van der Waals surface area (Å²) in [4.78, 5) is 23.0. The van der Waals surface area contributed by atoms with Gasteiger partial charge in [-0.3, -0.25) is 4.79 Å². The molecule has 1 N–H and O–H groups in total. The molecule has 202 valence electrons. The van der Waals surface area contributed by atoms with Crippen LogP contribution in [0.15, 0.2) is 76.0 Å². The summed E-state index contributed by atoms with van der Waals surface area (Å²) in [6, 6.07) is 14.7. The number of alkyl halides is 3. The summed E-state index contributed by atoms with van der Waals surface area (Å²) in [6.45, 7) is -0.375. The molecule has 0 saturated carbocycles. The van der Waals surface area contributed by atoms with Gasteiger partial charge in [0, 0.05) is 30.5 Å². The van der Waals surface area contributed by atoms with Crippen molar-refractivity contribution < 1.29 is 26.9 Å². The third kappa shape index (κ3) is 6.06. The highest BCUT2D eigenvalue weighted by molar-refractivity contribution is 6.03. The van der Waals surface area contributed by atoms with Crippen LogP contribution in [0.25, 0.3) is 22.5 Å². The molecule has 2 aromatic heterocycles. The molecule has 0 unspecified atom stereocenters. The summed E-state index contributed by atoms with van der Waals surface area (Å²) in [5, 5.41) is 6.86. The largest absolute Gasteiger partial charge is 0.406 e. The van der Waals surface area contributed by atoms with E-state index in [9.17, 15) is 22.4 Å². The maximum atomic E-state index is 14.7. The molecule has 12 heteroatoms. The summed E-state index contributed by atoms with van der Waals surface area (Å²) in [6.07, 6.45) is -2.76. The molecule has 5 rings (SSSR count). The van der Waals surface area contributed by atoms with Crippen molar-refractivity contribution in [3.8, 4) is 11.6 Å². The Kier molecular flexibility index (Phi) is 7.29. The standard InChI is InChI=1S/C27H24F4N6O2/c1-36-12-10-19(28)21(11-13-36)33-20-8-5-9-22-18(20)14-23(37(22)16-27(29,30)31)26-34-24(35-39-26)15-32-25(38)17-6-3-2-4-7-17/h2-10,14H,11-13,15-16H2,1H3,(H,32,38). The SMILES string of the molecule is CN1CC=C(F)C(=Nc2cccc3c2cc(-c2nc(CNC(=O)c4ccccc4)no2)n3CC(F)(F)F)CC1. The second-order valence-electron chi connectivity index (χ2n) is 9.13. The van der Waals surface area contributed by atoms with Gasteiger partial charge in [-0.05, 0) is 43.5 Å². The summed E-state index contributed by atoms with van der Waals surface area (Å²) in [5.74, 6) is -0.873. The molecule has 0 bridgehead atoms. The summed E-state index contributed by atoms with van der Waals surface area (Å²) in [7, 11) is 1.86. The van der Waals surface area contributed by atoms with Crippen molar-refractivity contribution in [3.63, 3.8) is 0 Å². The minimum atomic E-state index is -4.55. The fourth-order valence-corrected chi connectivity index (χ4v) is 4.29. The number of halogens is 4. The predicted octanol–water partition coefficient (Wildman–Crippen LogP) is 5.45. The zero-order valence-corrected chi connectivity index (χ0v) is 20.9.